The van der Waals surface area contributed by atoms with Crippen LogP contribution in [0.5, 0.6) is 0 Å². The standard InChI is InChI=1S/C32H46BN5O7S/c1-20(2)16-28(33-44-27-18-23-17-26(31(23,3)4)32(27,5)45-33)36-29(39)22(12-9-15-35-30(34)37-38(40)41)19-46(42,43)25-14-8-11-21-10-6-7-13-24(21)25/h6-8,10-11,13-14,20,22-23,26-28H,9,12,15-19H2,1-5H3,(H,36,39)(H3,34,35,37)/t22-,23+,26+,27-,28+,32+/m1/s1. The van der Waals surface area contributed by atoms with Crippen LogP contribution in [0.25, 0.3) is 10.8 Å². The van der Waals surface area contributed by atoms with Crippen LogP contribution in [-0.2, 0) is 23.9 Å². The number of guanidine groups is 1. The lowest BCUT2D eigenvalue weighted by Gasteiger charge is -2.64. The van der Waals surface area contributed by atoms with Crippen molar-refractivity contribution in [1.82, 2.24) is 10.7 Å². The average Bonchev–Trinajstić information content (AvgIpc) is 3.34. The summed E-state index contributed by atoms with van der Waals surface area (Å²) < 4.78 is 41.0. The molecule has 2 aromatic carbocycles. The van der Waals surface area contributed by atoms with E-state index < -0.39 is 51.1 Å². The lowest BCUT2D eigenvalue weighted by molar-refractivity contribution is -0.525. The first-order valence-electron chi connectivity index (χ1n) is 16.2. The van der Waals surface area contributed by atoms with Gasteiger partial charge in [-0.2, -0.15) is 0 Å². The van der Waals surface area contributed by atoms with Crippen molar-refractivity contribution >= 4 is 39.6 Å². The Morgan fingerprint density at radius 2 is 1.89 bits per heavy atom. The topological polar surface area (TPSA) is 175 Å². The van der Waals surface area contributed by atoms with Crippen LogP contribution in [0, 0.1) is 39.2 Å². The summed E-state index contributed by atoms with van der Waals surface area (Å²) in [5.41, 5.74) is 7.06. The molecule has 0 aromatic heterocycles. The second-order valence-electron chi connectivity index (χ2n) is 14.3. The van der Waals surface area contributed by atoms with Gasteiger partial charge in [0.1, 0.15) is 0 Å². The van der Waals surface area contributed by atoms with E-state index in [2.05, 4.69) is 44.9 Å². The molecule has 4 fully saturated rings. The average molecular weight is 656 g/mol. The Morgan fingerprint density at radius 3 is 2.59 bits per heavy atom. The number of amides is 1. The molecule has 0 radical (unpaired) electrons. The molecule has 12 nitrogen and oxygen atoms in total. The van der Waals surface area contributed by atoms with Gasteiger partial charge >= 0.3 is 7.12 Å². The molecule has 0 spiro atoms. The molecule has 3 aliphatic carbocycles. The molecule has 1 amide bonds. The largest absolute Gasteiger partial charge is 0.481 e. The number of rotatable bonds is 13. The van der Waals surface area contributed by atoms with Crippen LogP contribution < -0.4 is 16.5 Å². The zero-order chi connectivity index (χ0) is 33.4. The molecule has 0 unspecified atom stereocenters. The van der Waals surface area contributed by atoms with E-state index in [0.717, 1.165) is 18.2 Å². The number of carbonyl (C=O) groups excluding carboxylic acids is 1. The minimum atomic E-state index is -3.91. The fourth-order valence-electron chi connectivity index (χ4n) is 7.90. The van der Waals surface area contributed by atoms with Crippen LogP contribution >= 0.6 is 0 Å². The Labute approximate surface area is 271 Å². The van der Waals surface area contributed by atoms with E-state index in [1.165, 1.54) is 0 Å². The number of nitrogens with one attached hydrogen (secondary N) is 2. The number of aliphatic imine (C=N–C) groups is 1. The number of nitrogens with zero attached hydrogens (tertiary/aromatic N) is 2. The summed E-state index contributed by atoms with van der Waals surface area (Å²) in [7, 11) is -4.55. The Bertz CT molecular complexity index is 1600. The Balaban J connectivity index is 1.36. The fourth-order valence-corrected chi connectivity index (χ4v) is 9.73. The van der Waals surface area contributed by atoms with Gasteiger partial charge < -0.3 is 20.4 Å². The number of benzene rings is 2. The first-order chi connectivity index (χ1) is 21.6. The van der Waals surface area contributed by atoms with Crippen molar-refractivity contribution in [2.45, 2.75) is 89.3 Å². The molecule has 1 aliphatic heterocycles. The second-order valence-corrected chi connectivity index (χ2v) is 16.3. The number of carbonyl (C=O) groups is 1. The number of hydrogen-bond donors (Lipinski definition) is 3. The normalized spacial score (nSPS) is 26.7. The summed E-state index contributed by atoms with van der Waals surface area (Å²) in [6, 6.07) is 12.4. The second kappa shape index (κ2) is 13.1. The van der Waals surface area contributed by atoms with Gasteiger partial charge in [-0.1, -0.05) is 69.5 Å². The molecule has 1 saturated heterocycles. The van der Waals surface area contributed by atoms with E-state index in [1.807, 2.05) is 18.2 Å². The summed E-state index contributed by atoms with van der Waals surface area (Å²) in [5, 5.41) is 14.4. The molecule has 1 heterocycles. The highest BCUT2D eigenvalue weighted by atomic mass is 32.2. The number of sulfone groups is 1. The number of nitrogens with two attached hydrogens (primary N) is 1. The number of hydrogen-bond acceptors (Lipinski definition) is 8. The van der Waals surface area contributed by atoms with Crippen molar-refractivity contribution in [1.29, 1.82) is 0 Å². The van der Waals surface area contributed by atoms with Gasteiger partial charge in [-0.3, -0.25) is 4.79 Å². The minimum Gasteiger partial charge on any atom is -0.404 e. The summed E-state index contributed by atoms with van der Waals surface area (Å²) >= 11 is 0. The molecular formula is C32H46BN5O7S. The molecule has 4 N–H and O–H groups in total. The highest BCUT2D eigenvalue weighted by Gasteiger charge is 2.68. The van der Waals surface area contributed by atoms with Crippen molar-refractivity contribution in [3.63, 3.8) is 0 Å². The summed E-state index contributed by atoms with van der Waals surface area (Å²) in [5.74, 6) is -1.44. The molecule has 6 rings (SSSR count). The van der Waals surface area contributed by atoms with Gasteiger partial charge in [0.05, 0.1) is 34.2 Å². The molecule has 2 aromatic rings. The zero-order valence-corrected chi connectivity index (χ0v) is 28.1. The van der Waals surface area contributed by atoms with Gasteiger partial charge in [-0.15, -0.1) is 0 Å². The quantitative estimate of drug-likeness (QED) is 0.0722. The van der Waals surface area contributed by atoms with Crippen LogP contribution in [0.1, 0.15) is 66.7 Å². The molecular weight excluding hydrogens is 609 g/mol. The molecule has 3 saturated carbocycles. The first-order valence-corrected chi connectivity index (χ1v) is 17.8. The van der Waals surface area contributed by atoms with Crippen molar-refractivity contribution < 1.29 is 27.6 Å². The van der Waals surface area contributed by atoms with Crippen LogP contribution in [-0.4, -0.2) is 62.4 Å². The Morgan fingerprint density at radius 1 is 1.17 bits per heavy atom. The third kappa shape index (κ3) is 6.89. The van der Waals surface area contributed by atoms with Crippen molar-refractivity contribution in [2.75, 3.05) is 12.3 Å². The van der Waals surface area contributed by atoms with Gasteiger partial charge in [-0.25, -0.2) is 23.5 Å². The van der Waals surface area contributed by atoms with Gasteiger partial charge in [0, 0.05) is 11.9 Å². The third-order valence-electron chi connectivity index (χ3n) is 10.4. The van der Waals surface area contributed by atoms with Gasteiger partial charge in [0.25, 0.3) is 5.96 Å². The summed E-state index contributed by atoms with van der Waals surface area (Å²) in [6.07, 6.45) is 3.01. The van der Waals surface area contributed by atoms with E-state index in [4.69, 9.17) is 15.0 Å². The van der Waals surface area contributed by atoms with Crippen LogP contribution in [0.4, 0.5) is 0 Å². The molecule has 14 heteroatoms. The molecule has 4 aliphatic rings. The van der Waals surface area contributed by atoms with E-state index in [9.17, 15) is 23.3 Å². The molecule has 250 valence electrons. The number of hydrazine groups is 1. The lowest BCUT2D eigenvalue weighted by atomic mass is 9.43. The fraction of sp³-hybridized carbons (Fsp3) is 0.625. The van der Waals surface area contributed by atoms with Crippen LogP contribution in [0.2, 0.25) is 0 Å². The third-order valence-corrected chi connectivity index (χ3v) is 12.3. The van der Waals surface area contributed by atoms with Crippen molar-refractivity contribution in [3.05, 3.63) is 52.6 Å². The Kier molecular flexibility index (Phi) is 9.73. The van der Waals surface area contributed by atoms with Crippen molar-refractivity contribution in [3.8, 4) is 0 Å². The van der Waals surface area contributed by atoms with E-state index >= 15 is 0 Å². The van der Waals surface area contributed by atoms with E-state index in [0.29, 0.717) is 23.6 Å². The smallest absolute Gasteiger partial charge is 0.404 e. The van der Waals surface area contributed by atoms with Crippen LogP contribution in [0.3, 0.4) is 0 Å². The van der Waals surface area contributed by atoms with Crippen molar-refractivity contribution in [2.24, 2.45) is 39.8 Å². The monoisotopic (exact) mass is 655 g/mol. The number of fused-ring (bicyclic) bond motifs is 1. The predicted octanol–water partition coefficient (Wildman–Crippen LogP) is 3.90. The summed E-state index contributed by atoms with van der Waals surface area (Å²) in [6.45, 7) is 10.9. The zero-order valence-electron chi connectivity index (χ0n) is 27.3. The maximum Gasteiger partial charge on any atom is 0.481 e. The van der Waals surface area contributed by atoms with Gasteiger partial charge in [0.15, 0.2) is 14.9 Å². The van der Waals surface area contributed by atoms with Gasteiger partial charge in [0.2, 0.25) is 5.91 Å². The minimum absolute atomic E-state index is 0.0560. The highest BCUT2D eigenvalue weighted by Crippen LogP contribution is 2.65. The molecule has 46 heavy (non-hydrogen) atoms. The summed E-state index contributed by atoms with van der Waals surface area (Å²) in [4.78, 5) is 28.8. The molecule has 6 atom stereocenters. The highest BCUT2D eigenvalue weighted by molar-refractivity contribution is 7.91. The van der Waals surface area contributed by atoms with E-state index in [-0.39, 0.29) is 47.7 Å². The molecule has 2 bridgehead atoms. The number of nitro groups is 1. The van der Waals surface area contributed by atoms with Crippen LogP contribution in [0.15, 0.2) is 52.4 Å². The first kappa shape index (κ1) is 34.1. The van der Waals surface area contributed by atoms with E-state index in [1.54, 1.807) is 29.7 Å². The predicted molar refractivity (Wildman–Crippen MR) is 177 cm³/mol. The maximum atomic E-state index is 14.1. The van der Waals surface area contributed by atoms with Gasteiger partial charge in [-0.05, 0) is 73.6 Å². The maximum absolute atomic E-state index is 14.1. The SMILES string of the molecule is CC(C)C[C@H](NC(=O)[C@H](CCCN=C(N)N[N+](=O)[O-])CS(=O)(=O)c1cccc2ccccc12)B1O[C@@H]2C[C@@H]3C[C@@H](C3(C)C)[C@]2(C)O1. The lowest BCUT2D eigenvalue weighted by Crippen LogP contribution is -2.65. The Hall–Kier alpha value is -3.23.